The smallest absolute Gasteiger partial charge is 0.0165 e. The van der Waals surface area contributed by atoms with Crippen LogP contribution in [0, 0.1) is 5.92 Å². The zero-order chi connectivity index (χ0) is 12.1. The molecule has 0 aromatic carbocycles. The fourth-order valence-electron chi connectivity index (χ4n) is 2.53. The van der Waals surface area contributed by atoms with Crippen molar-refractivity contribution in [2.75, 3.05) is 26.2 Å². The molecule has 0 bridgehead atoms. The van der Waals surface area contributed by atoms with Gasteiger partial charge in [-0.3, -0.25) is 4.90 Å². The van der Waals surface area contributed by atoms with Gasteiger partial charge in [0.05, 0.1) is 0 Å². The van der Waals surface area contributed by atoms with Crippen LogP contribution >= 0.6 is 0 Å². The zero-order valence-electron chi connectivity index (χ0n) is 11.5. The molecule has 0 spiro atoms. The maximum atomic E-state index is 3.74. The second-order valence-corrected chi connectivity index (χ2v) is 6.04. The van der Waals surface area contributed by atoms with Gasteiger partial charge in [0.15, 0.2) is 0 Å². The lowest BCUT2D eigenvalue weighted by atomic mass is 10.0. The van der Waals surface area contributed by atoms with Gasteiger partial charge in [-0.2, -0.15) is 0 Å². The third-order valence-corrected chi connectivity index (χ3v) is 4.03. The Bertz CT molecular complexity index is 244. The first-order chi connectivity index (χ1) is 8.24. The second kappa shape index (κ2) is 6.55. The molecule has 1 saturated carbocycles. The molecule has 0 unspecified atom stereocenters. The Balaban J connectivity index is 1.55. The molecule has 1 aliphatic heterocycles. The molecule has 17 heavy (non-hydrogen) atoms. The molecule has 0 atom stereocenters. The lowest BCUT2D eigenvalue weighted by Crippen LogP contribution is -2.42. The van der Waals surface area contributed by atoms with Crippen molar-refractivity contribution < 1.29 is 0 Å². The van der Waals surface area contributed by atoms with Gasteiger partial charge in [0, 0.05) is 12.6 Å². The minimum absolute atomic E-state index is 0.789. The average molecular weight is 236 g/mol. The highest BCUT2D eigenvalue weighted by atomic mass is 15.1. The molecule has 2 rings (SSSR count). The summed E-state index contributed by atoms with van der Waals surface area (Å²) in [6.07, 6.45) is 9.41. The minimum Gasteiger partial charge on any atom is -0.314 e. The Kier molecular flexibility index (Phi) is 5.05. The van der Waals surface area contributed by atoms with Gasteiger partial charge in [0.1, 0.15) is 0 Å². The molecule has 2 fully saturated rings. The van der Waals surface area contributed by atoms with Crippen LogP contribution in [0.1, 0.15) is 46.0 Å². The van der Waals surface area contributed by atoms with Crippen LogP contribution in [-0.4, -0.2) is 37.1 Å². The number of likely N-dealkylation sites (tertiary alicyclic amines) is 1. The van der Waals surface area contributed by atoms with E-state index >= 15 is 0 Å². The summed E-state index contributed by atoms with van der Waals surface area (Å²) in [6.45, 7) is 9.31. The van der Waals surface area contributed by atoms with E-state index in [1.807, 2.05) is 0 Å². The molecule has 0 aromatic heterocycles. The van der Waals surface area contributed by atoms with E-state index in [0.717, 1.165) is 18.5 Å². The van der Waals surface area contributed by atoms with Gasteiger partial charge in [-0.05, 0) is 58.7 Å². The maximum Gasteiger partial charge on any atom is 0.0165 e. The highest BCUT2D eigenvalue weighted by molar-refractivity contribution is 4.95. The molecule has 2 nitrogen and oxygen atoms in total. The quantitative estimate of drug-likeness (QED) is 0.713. The summed E-state index contributed by atoms with van der Waals surface area (Å²) in [5, 5.41) is 3.74. The number of hydrogen-bond donors (Lipinski definition) is 1. The molecule has 0 radical (unpaired) electrons. The number of rotatable bonds is 6. The molecule has 2 aliphatic rings. The van der Waals surface area contributed by atoms with Gasteiger partial charge in [-0.25, -0.2) is 0 Å². The van der Waals surface area contributed by atoms with Gasteiger partial charge in [-0.1, -0.05) is 24.5 Å². The molecule has 1 heterocycles. The molecule has 0 aromatic rings. The Morgan fingerprint density at radius 3 is 2.47 bits per heavy atom. The lowest BCUT2D eigenvalue weighted by Gasteiger charge is -2.31. The van der Waals surface area contributed by atoms with Crippen LogP contribution < -0.4 is 5.32 Å². The van der Waals surface area contributed by atoms with Gasteiger partial charge >= 0.3 is 0 Å². The van der Waals surface area contributed by atoms with Crippen LogP contribution in [-0.2, 0) is 0 Å². The van der Waals surface area contributed by atoms with Crippen LogP contribution in [0.15, 0.2) is 11.6 Å². The van der Waals surface area contributed by atoms with E-state index in [4.69, 9.17) is 0 Å². The summed E-state index contributed by atoms with van der Waals surface area (Å²) < 4.78 is 0. The molecule has 2 heteroatoms. The molecular weight excluding hydrogens is 208 g/mol. The van der Waals surface area contributed by atoms with E-state index in [9.17, 15) is 0 Å². The Morgan fingerprint density at radius 2 is 1.88 bits per heavy atom. The van der Waals surface area contributed by atoms with Crippen molar-refractivity contribution in [1.82, 2.24) is 10.2 Å². The number of allylic oxidation sites excluding steroid dienone is 1. The number of nitrogens with one attached hydrogen (secondary N) is 1. The van der Waals surface area contributed by atoms with Crippen molar-refractivity contribution >= 4 is 0 Å². The fraction of sp³-hybridized carbons (Fsp3) is 0.867. The maximum absolute atomic E-state index is 3.74. The van der Waals surface area contributed by atoms with Crippen molar-refractivity contribution in [1.29, 1.82) is 0 Å². The summed E-state index contributed by atoms with van der Waals surface area (Å²) in [4.78, 5) is 2.58. The molecule has 98 valence electrons. The van der Waals surface area contributed by atoms with Crippen molar-refractivity contribution in [3.8, 4) is 0 Å². The van der Waals surface area contributed by atoms with Crippen molar-refractivity contribution in [2.45, 2.75) is 52.0 Å². The highest BCUT2D eigenvalue weighted by Crippen LogP contribution is 2.31. The fourth-order valence-corrected chi connectivity index (χ4v) is 2.53. The second-order valence-electron chi connectivity index (χ2n) is 6.04. The van der Waals surface area contributed by atoms with E-state index < -0.39 is 0 Å². The lowest BCUT2D eigenvalue weighted by molar-refractivity contribution is 0.214. The molecule has 0 amide bonds. The van der Waals surface area contributed by atoms with Gasteiger partial charge in [-0.15, -0.1) is 0 Å². The van der Waals surface area contributed by atoms with E-state index in [0.29, 0.717) is 0 Å². The average Bonchev–Trinajstić information content (AvgIpc) is 3.12. The normalized spacial score (nSPS) is 22.7. The molecular formula is C15H28N2. The summed E-state index contributed by atoms with van der Waals surface area (Å²) in [6, 6.07) is 0.789. The van der Waals surface area contributed by atoms with E-state index in [2.05, 4.69) is 30.1 Å². The first-order valence-electron chi connectivity index (χ1n) is 7.33. The Labute approximate surface area is 106 Å². The monoisotopic (exact) mass is 236 g/mol. The highest BCUT2D eigenvalue weighted by Gasteiger charge is 2.22. The summed E-state index contributed by atoms with van der Waals surface area (Å²) in [5.41, 5.74) is 1.44. The van der Waals surface area contributed by atoms with Crippen LogP contribution in [0.25, 0.3) is 0 Å². The van der Waals surface area contributed by atoms with Crippen LogP contribution in [0.4, 0.5) is 0 Å². The zero-order valence-corrected chi connectivity index (χ0v) is 11.5. The topological polar surface area (TPSA) is 15.3 Å². The first-order valence-corrected chi connectivity index (χ1v) is 7.33. The van der Waals surface area contributed by atoms with Crippen LogP contribution in [0.5, 0.6) is 0 Å². The van der Waals surface area contributed by atoms with Gasteiger partial charge < -0.3 is 5.32 Å². The summed E-state index contributed by atoms with van der Waals surface area (Å²) >= 11 is 0. The SMILES string of the molecule is CC(C)=CCN1CCC(NCCC2CC2)CC1. The predicted octanol–water partition coefficient (Wildman–Crippen LogP) is 2.81. The Hall–Kier alpha value is -0.340. The van der Waals surface area contributed by atoms with Crippen molar-refractivity contribution in [2.24, 2.45) is 5.92 Å². The van der Waals surface area contributed by atoms with E-state index in [1.54, 1.807) is 0 Å². The third-order valence-electron chi connectivity index (χ3n) is 4.03. The van der Waals surface area contributed by atoms with E-state index in [1.165, 1.54) is 57.3 Å². The molecule has 1 saturated heterocycles. The number of nitrogens with zero attached hydrogens (tertiary/aromatic N) is 1. The van der Waals surface area contributed by atoms with Crippen LogP contribution in [0.3, 0.4) is 0 Å². The molecule has 1 aliphatic carbocycles. The largest absolute Gasteiger partial charge is 0.314 e. The standard InChI is InChI=1S/C15H28N2/c1-13(2)6-10-17-11-7-15(8-12-17)16-9-5-14-3-4-14/h6,14-16H,3-5,7-12H2,1-2H3. The van der Waals surface area contributed by atoms with Gasteiger partial charge in [0.2, 0.25) is 0 Å². The number of piperidine rings is 1. The van der Waals surface area contributed by atoms with Crippen molar-refractivity contribution in [3.05, 3.63) is 11.6 Å². The van der Waals surface area contributed by atoms with Crippen molar-refractivity contribution in [3.63, 3.8) is 0 Å². The predicted molar refractivity (Wildman–Crippen MR) is 74.2 cm³/mol. The first kappa shape index (κ1) is 13.1. The third kappa shape index (κ3) is 5.22. The van der Waals surface area contributed by atoms with Gasteiger partial charge in [0.25, 0.3) is 0 Å². The number of hydrogen-bond acceptors (Lipinski definition) is 2. The molecule has 1 N–H and O–H groups in total. The van der Waals surface area contributed by atoms with Crippen LogP contribution in [0.2, 0.25) is 0 Å². The minimum atomic E-state index is 0.789. The summed E-state index contributed by atoms with van der Waals surface area (Å²) in [5.74, 6) is 1.07. The van der Waals surface area contributed by atoms with E-state index in [-0.39, 0.29) is 0 Å². The Morgan fingerprint density at radius 1 is 1.18 bits per heavy atom. The summed E-state index contributed by atoms with van der Waals surface area (Å²) in [7, 11) is 0.